The Hall–Kier alpha value is -7.01. The van der Waals surface area contributed by atoms with E-state index in [2.05, 4.69) is 59.6 Å². The minimum Gasteiger partial charge on any atom is -0.391 e. The Morgan fingerprint density at radius 3 is 2.15 bits per heavy atom. The van der Waals surface area contributed by atoms with Crippen molar-refractivity contribution < 1.29 is 67.4 Å². The van der Waals surface area contributed by atoms with Gasteiger partial charge in [-0.3, -0.25) is 24.1 Å². The fourth-order valence-electron chi connectivity index (χ4n) is 15.4. The maximum Gasteiger partial charge on any atom is 0.501 e. The Labute approximate surface area is 669 Å². The van der Waals surface area contributed by atoms with Gasteiger partial charge in [0, 0.05) is 144 Å². The smallest absolute Gasteiger partial charge is 0.391 e. The van der Waals surface area contributed by atoms with E-state index in [0.29, 0.717) is 108 Å². The molecule has 0 unspecified atom stereocenters. The molecule has 4 fully saturated rings. The predicted octanol–water partition coefficient (Wildman–Crippen LogP) is 11.1. The standard InChI is InChI=1S/C80H103ClF3N11O12S5/c1-55(57-16-18-59(19-17-57)73-56(2)85-54-109-73)86-76(99)70-47-65(96)51-95(70)77(100)74(78(3,4)5)88-72(97)15-10-11-46-110(101,102)94-41-37-92(38-42-94)53-79(6)32-30-68(58-20-24-62(81)25-21-58)61(49-79)50-91-35-39-93(40-36-91)64-26-22-60(23-27-64)75(98)89-112(105,106)67-28-29-69(71(48-67)111(103,104)80(82,83)84)87-63(52-108-66-13-8-7-9-14-66)31-34-90-33-12-44-107-45-43-90/h7-9,13-14,16-29,48,54-55,63,65,70,74,87,96H,10-12,15,30-47,49-53H2,1-6H3,(H,86,99)(H,88,97)(H,89,98)/t55-,63+,65+,70-,74+,79+/m0/s1. The second-order valence-electron chi connectivity index (χ2n) is 31.3. The van der Waals surface area contributed by atoms with Gasteiger partial charge in [-0.05, 0) is 159 Å². The number of sulfone groups is 1. The number of unbranched alkanes of at least 4 members (excludes halogenated alkanes) is 1. The molecule has 4 aliphatic heterocycles. The molecule has 5 aromatic carbocycles. The summed E-state index contributed by atoms with van der Waals surface area (Å²) in [6, 6.07) is 30.8. The number of aliphatic hydroxyl groups excluding tert-OH is 1. The van der Waals surface area contributed by atoms with E-state index in [-0.39, 0.29) is 49.0 Å². The molecule has 6 aromatic rings. The highest BCUT2D eigenvalue weighted by Gasteiger charge is 2.49. The van der Waals surface area contributed by atoms with Gasteiger partial charge >= 0.3 is 5.51 Å². The van der Waals surface area contributed by atoms with Crippen molar-refractivity contribution in [3.05, 3.63) is 160 Å². The first kappa shape index (κ1) is 85.9. The highest BCUT2D eigenvalue weighted by molar-refractivity contribution is 7.99. The summed E-state index contributed by atoms with van der Waals surface area (Å²) in [5.74, 6) is -2.19. The molecular weight excluding hydrogens is 1560 g/mol. The number of aryl methyl sites for hydroxylation is 1. The van der Waals surface area contributed by atoms with E-state index in [1.54, 1.807) is 33.3 Å². The van der Waals surface area contributed by atoms with Crippen LogP contribution in [-0.2, 0) is 49.0 Å². The first-order chi connectivity index (χ1) is 53.1. The molecule has 112 heavy (non-hydrogen) atoms. The lowest BCUT2D eigenvalue weighted by atomic mass is 9.71. The molecule has 11 rings (SSSR count). The average molecular weight is 1660 g/mol. The number of nitrogens with zero attached hydrogens (tertiary/aromatic N) is 7. The Kier molecular flexibility index (Phi) is 28.6. The van der Waals surface area contributed by atoms with Gasteiger partial charge in [-0.1, -0.05) is 99.5 Å². The van der Waals surface area contributed by atoms with Gasteiger partial charge < -0.3 is 45.4 Å². The Bertz CT molecular complexity index is 4630. The van der Waals surface area contributed by atoms with Crippen LogP contribution < -0.4 is 25.6 Å². The number of sulfonamides is 2. The maximum absolute atomic E-state index is 14.4. The highest BCUT2D eigenvalue weighted by Crippen LogP contribution is 2.45. The van der Waals surface area contributed by atoms with Crippen molar-refractivity contribution >= 4 is 105 Å². The summed E-state index contributed by atoms with van der Waals surface area (Å²) in [7, 11) is -14.7. The monoisotopic (exact) mass is 1660 g/mol. The number of rotatable bonds is 30. The van der Waals surface area contributed by atoms with Gasteiger partial charge in [0.2, 0.25) is 27.7 Å². The third-order valence-electron chi connectivity index (χ3n) is 21.7. The summed E-state index contributed by atoms with van der Waals surface area (Å²) >= 11 is 9.38. The summed E-state index contributed by atoms with van der Waals surface area (Å²) in [5.41, 5.74) is 1.91. The molecule has 23 nitrogen and oxygen atoms in total. The Balaban J connectivity index is 0.645. The average Bonchev–Trinajstić information content (AvgIpc) is 1.14. The van der Waals surface area contributed by atoms with Crippen LogP contribution in [0.5, 0.6) is 0 Å². The minimum absolute atomic E-state index is 0.0169. The van der Waals surface area contributed by atoms with Gasteiger partial charge in [0.1, 0.15) is 17.0 Å². The SMILES string of the molecule is Cc1ncsc1-c1ccc([C@H](C)NC(=O)[C@@H]2C[C@@H](O)CN2C(=O)[C@@H](NC(=O)CCCCS(=O)(=O)N2CCN(C[C@]3(C)CCC(c4ccc(Cl)cc4)=C(CN4CCN(c5ccc(C(=O)NS(=O)(=O)c6ccc(N[C@H](CCN7CCCOCC7)CSc7ccccc7)c(S(=O)(=O)C(F)(F)F)c6)cc5)CC4)C3)CC2)C(C)(C)C)cc1. The van der Waals surface area contributed by atoms with E-state index in [9.17, 15) is 62.7 Å². The van der Waals surface area contributed by atoms with Crippen molar-refractivity contribution in [2.24, 2.45) is 10.8 Å². The number of aliphatic hydroxyl groups is 1. The van der Waals surface area contributed by atoms with Crippen LogP contribution in [0.25, 0.3) is 16.0 Å². The topological polar surface area (TPSA) is 281 Å². The molecule has 0 radical (unpaired) electrons. The summed E-state index contributed by atoms with van der Waals surface area (Å²) in [6.07, 6.45) is 3.35. The third kappa shape index (κ3) is 22.3. The fourth-order valence-corrected chi connectivity index (χ4v) is 20.9. The lowest BCUT2D eigenvalue weighted by Crippen LogP contribution is -2.57. The molecule has 0 saturated carbocycles. The van der Waals surface area contributed by atoms with Crippen molar-refractivity contribution in [2.75, 3.05) is 127 Å². The summed E-state index contributed by atoms with van der Waals surface area (Å²) in [6.45, 7) is 20.4. The van der Waals surface area contributed by atoms with Gasteiger partial charge in [0.05, 0.1) is 51.2 Å². The number of allylic oxidation sites excluding steroid dienone is 1. The van der Waals surface area contributed by atoms with Crippen molar-refractivity contribution in [3.8, 4) is 10.4 Å². The fraction of sp³-hybridized carbons (Fsp3) is 0.512. The zero-order valence-electron chi connectivity index (χ0n) is 64.2. The number of ether oxygens (including phenoxy) is 1. The number of halogens is 4. The van der Waals surface area contributed by atoms with Gasteiger partial charge in [0.25, 0.3) is 25.8 Å². The molecular formula is C80H103ClF3N11O12S5. The van der Waals surface area contributed by atoms with Crippen LogP contribution in [0.3, 0.4) is 0 Å². The van der Waals surface area contributed by atoms with E-state index in [1.165, 1.54) is 39.9 Å². The minimum atomic E-state index is -6.13. The number of benzene rings is 5. The lowest BCUT2D eigenvalue weighted by molar-refractivity contribution is -0.144. The predicted molar refractivity (Wildman–Crippen MR) is 433 cm³/mol. The Morgan fingerprint density at radius 2 is 1.48 bits per heavy atom. The number of carbonyl (C=O) groups excluding carboxylic acids is 4. The number of anilines is 2. The van der Waals surface area contributed by atoms with Crippen molar-refractivity contribution in [1.82, 2.24) is 44.2 Å². The quantitative estimate of drug-likeness (QED) is 0.0207. The second kappa shape index (κ2) is 37.3. The molecule has 608 valence electrons. The first-order valence-electron chi connectivity index (χ1n) is 38.2. The molecule has 4 saturated heterocycles. The van der Waals surface area contributed by atoms with Crippen LogP contribution in [0.1, 0.15) is 126 Å². The van der Waals surface area contributed by atoms with Gasteiger partial charge in [0.15, 0.2) is 0 Å². The number of alkyl halides is 3. The molecule has 6 atom stereocenters. The number of hydrogen-bond donors (Lipinski definition) is 5. The molecule has 0 bridgehead atoms. The molecule has 5 N–H and O–H groups in total. The van der Waals surface area contributed by atoms with E-state index in [0.717, 1.165) is 88.7 Å². The molecule has 5 aliphatic rings. The summed E-state index contributed by atoms with van der Waals surface area (Å²) in [5, 5.41) is 20.4. The lowest BCUT2D eigenvalue weighted by Gasteiger charge is -2.44. The normalized spacial score (nSPS) is 20.6. The van der Waals surface area contributed by atoms with Crippen LogP contribution in [-0.4, -0.2) is 229 Å². The molecule has 4 amide bonds. The Morgan fingerprint density at radius 1 is 0.795 bits per heavy atom. The largest absolute Gasteiger partial charge is 0.501 e. The summed E-state index contributed by atoms with van der Waals surface area (Å²) in [4.78, 5) is 70.1. The second-order valence-corrected chi connectivity index (χ2v) is 39.4. The van der Waals surface area contributed by atoms with Crippen LogP contribution in [0.2, 0.25) is 5.02 Å². The number of amides is 4. The number of thiazole rings is 1. The zero-order chi connectivity index (χ0) is 80.3. The number of β-amino-alcohol motifs (C(OH)–C–C–N with tert-alkyl or cyclic N) is 1. The zero-order valence-corrected chi connectivity index (χ0v) is 69.1. The van der Waals surface area contributed by atoms with E-state index >= 15 is 0 Å². The van der Waals surface area contributed by atoms with Crippen molar-refractivity contribution in [3.63, 3.8) is 0 Å². The van der Waals surface area contributed by atoms with Gasteiger partial charge in [-0.2, -0.15) is 17.5 Å². The van der Waals surface area contributed by atoms with Crippen LogP contribution in [0.4, 0.5) is 24.5 Å². The van der Waals surface area contributed by atoms with Crippen molar-refractivity contribution in [2.45, 2.75) is 150 Å². The number of hydrogen-bond acceptors (Lipinski definition) is 20. The number of thioether (sulfide) groups is 1. The molecule has 5 heterocycles. The van der Waals surface area contributed by atoms with Gasteiger partial charge in [-0.25, -0.2) is 35.0 Å². The number of likely N-dealkylation sites (tertiary alicyclic amines) is 1. The molecule has 1 aliphatic carbocycles. The summed E-state index contributed by atoms with van der Waals surface area (Å²) < 4.78 is 134. The van der Waals surface area contributed by atoms with E-state index in [4.69, 9.17) is 16.3 Å². The number of nitrogens with one attached hydrogen (secondary N) is 4. The van der Waals surface area contributed by atoms with Gasteiger partial charge in [-0.15, -0.1) is 23.1 Å². The van der Waals surface area contributed by atoms with Crippen LogP contribution in [0, 0.1) is 17.8 Å². The van der Waals surface area contributed by atoms with Crippen LogP contribution in [0.15, 0.2) is 147 Å². The van der Waals surface area contributed by atoms with Crippen molar-refractivity contribution in [1.29, 1.82) is 0 Å². The number of piperazine rings is 2. The number of carbonyl (C=O) groups is 4. The highest BCUT2D eigenvalue weighted by atomic mass is 35.5. The third-order valence-corrected chi connectivity index (χ3v) is 28.9. The molecule has 32 heteroatoms. The van der Waals surface area contributed by atoms with E-state index < -0.39 is 110 Å². The van der Waals surface area contributed by atoms with E-state index in [1.807, 2.05) is 106 Å². The molecule has 0 spiro atoms. The van der Waals surface area contributed by atoms with Crippen LogP contribution >= 0.6 is 34.7 Å². The number of aromatic nitrogens is 1. The maximum atomic E-state index is 14.4. The first-order valence-corrected chi connectivity index (χ1v) is 45.0. The molecule has 1 aromatic heterocycles.